The van der Waals surface area contributed by atoms with Crippen molar-refractivity contribution in [1.82, 2.24) is 5.32 Å². The highest BCUT2D eigenvalue weighted by atomic mass is 16.5. The average molecular weight is 259 g/mol. The number of hydrogen-bond acceptors (Lipinski definition) is 4. The number of piperazine rings is 1. The molecule has 1 aliphatic rings. The quantitative estimate of drug-likeness (QED) is 0.900. The van der Waals surface area contributed by atoms with Gasteiger partial charge in [-0.2, -0.15) is 5.26 Å². The third kappa shape index (κ3) is 3.39. The van der Waals surface area contributed by atoms with Gasteiger partial charge in [-0.3, -0.25) is 0 Å². The molecule has 4 nitrogen and oxygen atoms in total. The minimum Gasteiger partial charge on any atom is -0.492 e. The number of ether oxygens (including phenoxy) is 1. The summed E-state index contributed by atoms with van der Waals surface area (Å²) in [7, 11) is 0. The van der Waals surface area contributed by atoms with E-state index < -0.39 is 0 Å². The number of benzene rings is 1. The fourth-order valence-corrected chi connectivity index (χ4v) is 2.61. The molecule has 2 rings (SSSR count). The van der Waals surface area contributed by atoms with Crippen LogP contribution in [0, 0.1) is 11.3 Å². The molecule has 1 aromatic rings. The Kier molecular flexibility index (Phi) is 4.64. The summed E-state index contributed by atoms with van der Waals surface area (Å²) in [6.45, 7) is 6.60. The summed E-state index contributed by atoms with van der Waals surface area (Å²) < 4.78 is 5.69. The molecule has 0 radical (unpaired) electrons. The summed E-state index contributed by atoms with van der Waals surface area (Å²) in [6, 6.07) is 11.0. The summed E-state index contributed by atoms with van der Waals surface area (Å²) in [5, 5.41) is 12.3. The first-order chi connectivity index (χ1) is 9.24. The van der Waals surface area contributed by atoms with Crippen LogP contribution in [-0.4, -0.2) is 31.8 Å². The molecule has 0 amide bonds. The summed E-state index contributed by atoms with van der Waals surface area (Å²) >= 11 is 0. The van der Waals surface area contributed by atoms with Gasteiger partial charge in [-0.05, 0) is 26.0 Å². The first-order valence-electron chi connectivity index (χ1n) is 6.84. The lowest BCUT2D eigenvalue weighted by atomic mass is 10.1. The minimum atomic E-state index is 0.225. The van der Waals surface area contributed by atoms with Crippen LogP contribution >= 0.6 is 0 Å². The standard InChI is InChI=1S/C15H21N3O/c1-3-19-15-7-5-4-6-14(15)18-10-12(2)17-13(11-18)8-9-16/h4-7,12-13,17H,3,8,10-11H2,1-2H3. The number of nitrogens with zero attached hydrogens (tertiary/aromatic N) is 2. The zero-order chi connectivity index (χ0) is 13.7. The van der Waals surface area contributed by atoms with Crippen LogP contribution in [0.5, 0.6) is 5.75 Å². The lowest BCUT2D eigenvalue weighted by Crippen LogP contribution is -2.55. The molecule has 0 saturated carbocycles. The van der Waals surface area contributed by atoms with Crippen molar-refractivity contribution in [2.24, 2.45) is 0 Å². The first-order valence-corrected chi connectivity index (χ1v) is 6.84. The molecule has 1 fully saturated rings. The first kappa shape index (κ1) is 13.7. The van der Waals surface area contributed by atoms with E-state index in [-0.39, 0.29) is 6.04 Å². The van der Waals surface area contributed by atoms with Gasteiger partial charge in [0.1, 0.15) is 5.75 Å². The van der Waals surface area contributed by atoms with Gasteiger partial charge in [0, 0.05) is 25.2 Å². The normalized spacial score (nSPS) is 22.9. The molecule has 1 saturated heterocycles. The Morgan fingerprint density at radius 1 is 1.42 bits per heavy atom. The van der Waals surface area contributed by atoms with E-state index in [1.54, 1.807) is 0 Å². The van der Waals surface area contributed by atoms with Gasteiger partial charge in [0.15, 0.2) is 0 Å². The lowest BCUT2D eigenvalue weighted by Gasteiger charge is -2.38. The molecule has 1 N–H and O–H groups in total. The number of anilines is 1. The van der Waals surface area contributed by atoms with Crippen molar-refractivity contribution in [1.29, 1.82) is 5.26 Å². The van der Waals surface area contributed by atoms with E-state index in [2.05, 4.69) is 29.3 Å². The molecule has 2 atom stereocenters. The minimum absolute atomic E-state index is 0.225. The zero-order valence-electron chi connectivity index (χ0n) is 11.6. The van der Waals surface area contributed by atoms with Crippen molar-refractivity contribution >= 4 is 5.69 Å². The zero-order valence-corrected chi connectivity index (χ0v) is 11.6. The second-order valence-corrected chi connectivity index (χ2v) is 4.93. The largest absolute Gasteiger partial charge is 0.492 e. The smallest absolute Gasteiger partial charge is 0.142 e. The predicted molar refractivity (Wildman–Crippen MR) is 76.4 cm³/mol. The Labute approximate surface area is 115 Å². The highest BCUT2D eigenvalue weighted by Crippen LogP contribution is 2.29. The van der Waals surface area contributed by atoms with E-state index in [4.69, 9.17) is 10.00 Å². The van der Waals surface area contributed by atoms with Crippen LogP contribution in [-0.2, 0) is 0 Å². The molecule has 0 bridgehead atoms. The van der Waals surface area contributed by atoms with Crippen LogP contribution in [0.2, 0.25) is 0 Å². The number of nitriles is 1. The summed E-state index contributed by atoms with van der Waals surface area (Å²) in [6.07, 6.45) is 0.539. The molecule has 1 aliphatic heterocycles. The van der Waals surface area contributed by atoms with Crippen LogP contribution in [0.3, 0.4) is 0 Å². The number of rotatable bonds is 4. The molecule has 0 spiro atoms. The Bertz CT molecular complexity index is 455. The second-order valence-electron chi connectivity index (χ2n) is 4.93. The van der Waals surface area contributed by atoms with Gasteiger partial charge in [-0.1, -0.05) is 12.1 Å². The van der Waals surface area contributed by atoms with E-state index in [1.807, 2.05) is 25.1 Å². The summed E-state index contributed by atoms with van der Waals surface area (Å²) in [5.41, 5.74) is 1.13. The van der Waals surface area contributed by atoms with Crippen LogP contribution < -0.4 is 15.0 Å². The van der Waals surface area contributed by atoms with E-state index in [0.717, 1.165) is 24.5 Å². The third-order valence-electron chi connectivity index (χ3n) is 3.30. The highest BCUT2D eigenvalue weighted by Gasteiger charge is 2.25. The molecule has 1 aromatic carbocycles. The van der Waals surface area contributed by atoms with Crippen molar-refractivity contribution in [2.75, 3.05) is 24.6 Å². The summed E-state index contributed by atoms with van der Waals surface area (Å²) in [5.74, 6) is 0.926. The van der Waals surface area contributed by atoms with E-state index >= 15 is 0 Å². The second kappa shape index (κ2) is 6.44. The molecule has 4 heteroatoms. The van der Waals surface area contributed by atoms with Gasteiger partial charge >= 0.3 is 0 Å². The Morgan fingerprint density at radius 3 is 2.95 bits per heavy atom. The molecule has 102 valence electrons. The molecular formula is C15H21N3O. The van der Waals surface area contributed by atoms with E-state index in [9.17, 15) is 0 Å². The molecule has 0 aromatic heterocycles. The van der Waals surface area contributed by atoms with Crippen molar-refractivity contribution in [3.63, 3.8) is 0 Å². The van der Waals surface area contributed by atoms with Crippen molar-refractivity contribution in [2.45, 2.75) is 32.4 Å². The van der Waals surface area contributed by atoms with E-state index in [0.29, 0.717) is 19.1 Å². The van der Waals surface area contributed by atoms with Crippen LogP contribution in [0.25, 0.3) is 0 Å². The highest BCUT2D eigenvalue weighted by molar-refractivity contribution is 5.59. The summed E-state index contributed by atoms with van der Waals surface area (Å²) in [4.78, 5) is 2.31. The molecule has 0 aliphatic carbocycles. The number of hydrogen-bond donors (Lipinski definition) is 1. The van der Waals surface area contributed by atoms with Gasteiger partial charge in [0.25, 0.3) is 0 Å². The maximum absolute atomic E-state index is 8.87. The maximum Gasteiger partial charge on any atom is 0.142 e. The van der Waals surface area contributed by atoms with Crippen LogP contribution in [0.15, 0.2) is 24.3 Å². The Morgan fingerprint density at radius 2 is 2.21 bits per heavy atom. The predicted octanol–water partition coefficient (Wildman–Crippen LogP) is 2.17. The fourth-order valence-electron chi connectivity index (χ4n) is 2.61. The Hall–Kier alpha value is -1.73. The van der Waals surface area contributed by atoms with Crippen LogP contribution in [0.4, 0.5) is 5.69 Å². The van der Waals surface area contributed by atoms with Gasteiger partial charge in [0.05, 0.1) is 24.8 Å². The fraction of sp³-hybridized carbons (Fsp3) is 0.533. The maximum atomic E-state index is 8.87. The topological polar surface area (TPSA) is 48.3 Å². The van der Waals surface area contributed by atoms with Gasteiger partial charge in [0.2, 0.25) is 0 Å². The molecule has 1 heterocycles. The average Bonchev–Trinajstić information content (AvgIpc) is 2.39. The molecular weight excluding hydrogens is 238 g/mol. The third-order valence-corrected chi connectivity index (χ3v) is 3.30. The van der Waals surface area contributed by atoms with Gasteiger partial charge in [-0.15, -0.1) is 0 Å². The monoisotopic (exact) mass is 259 g/mol. The van der Waals surface area contributed by atoms with Crippen molar-refractivity contribution in [3.05, 3.63) is 24.3 Å². The van der Waals surface area contributed by atoms with E-state index in [1.165, 1.54) is 0 Å². The Balaban J connectivity index is 2.18. The lowest BCUT2D eigenvalue weighted by molar-refractivity contribution is 0.336. The van der Waals surface area contributed by atoms with Gasteiger partial charge in [-0.25, -0.2) is 0 Å². The SMILES string of the molecule is CCOc1ccccc1N1CC(C)NC(CC#N)C1. The molecule has 2 unspecified atom stereocenters. The molecule has 19 heavy (non-hydrogen) atoms. The number of para-hydroxylation sites is 2. The number of nitrogens with one attached hydrogen (secondary N) is 1. The van der Waals surface area contributed by atoms with Crippen molar-refractivity contribution in [3.8, 4) is 11.8 Å². The van der Waals surface area contributed by atoms with Crippen LogP contribution in [0.1, 0.15) is 20.3 Å². The van der Waals surface area contributed by atoms with Crippen molar-refractivity contribution < 1.29 is 4.74 Å². The van der Waals surface area contributed by atoms with Gasteiger partial charge < -0.3 is 15.0 Å².